The molecule has 0 aromatic heterocycles. The van der Waals surface area contributed by atoms with Crippen molar-refractivity contribution in [3.05, 3.63) is 46.7 Å². The SMILES string of the molecule is CCCCCN1C(=O)C(O)=C(C(=O)C(C)C)C1c1cccc(C)c1. The predicted molar refractivity (Wildman–Crippen MR) is 94.7 cm³/mol. The van der Waals surface area contributed by atoms with E-state index in [0.717, 1.165) is 30.4 Å². The van der Waals surface area contributed by atoms with E-state index >= 15 is 0 Å². The summed E-state index contributed by atoms with van der Waals surface area (Å²) < 4.78 is 0. The Morgan fingerprint density at radius 2 is 2.00 bits per heavy atom. The summed E-state index contributed by atoms with van der Waals surface area (Å²) in [6, 6.07) is 7.33. The minimum atomic E-state index is -0.482. The van der Waals surface area contributed by atoms with Gasteiger partial charge in [-0.1, -0.05) is 63.4 Å². The van der Waals surface area contributed by atoms with Crippen molar-refractivity contribution < 1.29 is 14.7 Å². The lowest BCUT2D eigenvalue weighted by Gasteiger charge is -2.27. The summed E-state index contributed by atoms with van der Waals surface area (Å²) >= 11 is 0. The van der Waals surface area contributed by atoms with Gasteiger partial charge in [0, 0.05) is 12.5 Å². The molecule has 1 aliphatic heterocycles. The molecule has 0 aliphatic carbocycles. The molecule has 1 N–H and O–H groups in total. The van der Waals surface area contributed by atoms with E-state index in [-0.39, 0.29) is 23.0 Å². The number of benzene rings is 1. The van der Waals surface area contributed by atoms with Gasteiger partial charge < -0.3 is 10.0 Å². The van der Waals surface area contributed by atoms with Gasteiger partial charge in [-0.25, -0.2) is 0 Å². The van der Waals surface area contributed by atoms with Gasteiger partial charge in [-0.2, -0.15) is 0 Å². The van der Waals surface area contributed by atoms with Crippen LogP contribution in [-0.4, -0.2) is 28.2 Å². The highest BCUT2D eigenvalue weighted by Gasteiger charge is 2.43. The minimum absolute atomic E-state index is 0.162. The molecular weight excluding hydrogens is 302 g/mol. The Hall–Kier alpha value is -2.10. The van der Waals surface area contributed by atoms with Gasteiger partial charge in [0.15, 0.2) is 11.5 Å². The van der Waals surface area contributed by atoms with Crippen LogP contribution in [0.3, 0.4) is 0 Å². The zero-order valence-electron chi connectivity index (χ0n) is 15.0. The lowest BCUT2D eigenvalue weighted by Crippen LogP contribution is -2.32. The average molecular weight is 329 g/mol. The number of ketones is 1. The molecule has 4 heteroatoms. The number of rotatable bonds is 7. The monoisotopic (exact) mass is 329 g/mol. The molecule has 0 fully saturated rings. The molecule has 1 unspecified atom stereocenters. The quantitative estimate of drug-likeness (QED) is 0.766. The first-order chi connectivity index (χ1) is 11.4. The van der Waals surface area contributed by atoms with Crippen LogP contribution in [0.5, 0.6) is 0 Å². The minimum Gasteiger partial charge on any atom is -0.503 e. The molecule has 0 spiro atoms. The number of unbranched alkanes of at least 4 members (excludes halogenated alkanes) is 2. The highest BCUT2D eigenvalue weighted by Crippen LogP contribution is 2.39. The molecule has 1 atom stereocenters. The number of aryl methyl sites for hydroxylation is 1. The molecule has 0 saturated carbocycles. The van der Waals surface area contributed by atoms with Gasteiger partial charge in [0.2, 0.25) is 0 Å². The standard InChI is InChI=1S/C20H27NO3/c1-5-6-7-11-21-17(15-10-8-9-14(4)12-15)16(18(22)13(2)3)19(23)20(21)24/h8-10,12-13,17,23H,5-7,11H2,1-4H3. The number of hydrogen-bond acceptors (Lipinski definition) is 3. The zero-order chi connectivity index (χ0) is 17.9. The molecule has 24 heavy (non-hydrogen) atoms. The smallest absolute Gasteiger partial charge is 0.290 e. The average Bonchev–Trinajstić information content (AvgIpc) is 2.79. The molecular formula is C20H27NO3. The maximum absolute atomic E-state index is 12.6. The summed E-state index contributed by atoms with van der Waals surface area (Å²) in [5.41, 5.74) is 2.20. The fraction of sp³-hybridized carbons (Fsp3) is 0.500. The molecule has 1 aliphatic rings. The topological polar surface area (TPSA) is 57.6 Å². The first-order valence-corrected chi connectivity index (χ1v) is 8.73. The van der Waals surface area contributed by atoms with Crippen molar-refractivity contribution in [1.29, 1.82) is 0 Å². The van der Waals surface area contributed by atoms with Crippen molar-refractivity contribution in [2.45, 2.75) is 53.0 Å². The fourth-order valence-electron chi connectivity index (χ4n) is 3.17. The Labute approximate surface area is 144 Å². The summed E-state index contributed by atoms with van der Waals surface area (Å²) in [5, 5.41) is 10.4. The van der Waals surface area contributed by atoms with Crippen molar-refractivity contribution in [3.8, 4) is 0 Å². The molecule has 1 heterocycles. The van der Waals surface area contributed by atoms with Crippen LogP contribution < -0.4 is 0 Å². The molecule has 0 bridgehead atoms. The Balaban J connectivity index is 2.46. The summed E-state index contributed by atoms with van der Waals surface area (Å²) in [6.45, 7) is 8.22. The number of Topliss-reactive ketones (excluding diaryl/α,β-unsaturated/α-hetero) is 1. The Morgan fingerprint density at radius 1 is 1.29 bits per heavy atom. The molecule has 1 aromatic rings. The Bertz CT molecular complexity index is 661. The van der Waals surface area contributed by atoms with Crippen LogP contribution in [0.25, 0.3) is 0 Å². The van der Waals surface area contributed by atoms with Gasteiger partial charge in [0.1, 0.15) is 0 Å². The maximum atomic E-state index is 12.6. The number of carbonyl (C=O) groups is 2. The molecule has 0 saturated heterocycles. The second-order valence-corrected chi connectivity index (χ2v) is 6.80. The van der Waals surface area contributed by atoms with Crippen LogP contribution in [0.4, 0.5) is 0 Å². The predicted octanol–water partition coefficient (Wildman–Crippen LogP) is 4.11. The molecule has 4 nitrogen and oxygen atoms in total. The van der Waals surface area contributed by atoms with Gasteiger partial charge in [-0.05, 0) is 18.9 Å². The number of carbonyl (C=O) groups excluding carboxylic acids is 2. The summed E-state index contributed by atoms with van der Waals surface area (Å²) in [6.07, 6.45) is 2.92. The maximum Gasteiger partial charge on any atom is 0.290 e. The number of amides is 1. The van der Waals surface area contributed by atoms with E-state index < -0.39 is 11.9 Å². The number of aliphatic hydroxyl groups excluding tert-OH is 1. The third kappa shape index (κ3) is 3.53. The van der Waals surface area contributed by atoms with E-state index in [1.54, 1.807) is 18.7 Å². The van der Waals surface area contributed by atoms with E-state index in [0.29, 0.717) is 6.54 Å². The summed E-state index contributed by atoms with van der Waals surface area (Å²) in [5.74, 6) is -1.23. The van der Waals surface area contributed by atoms with Gasteiger partial charge in [-0.15, -0.1) is 0 Å². The number of nitrogens with zero attached hydrogens (tertiary/aromatic N) is 1. The van der Waals surface area contributed by atoms with Crippen LogP contribution in [0.2, 0.25) is 0 Å². The lowest BCUT2D eigenvalue weighted by molar-refractivity contribution is -0.129. The van der Waals surface area contributed by atoms with E-state index in [1.807, 2.05) is 31.2 Å². The summed E-state index contributed by atoms with van der Waals surface area (Å²) in [4.78, 5) is 26.9. The van der Waals surface area contributed by atoms with Crippen LogP contribution in [0, 0.1) is 12.8 Å². The second-order valence-electron chi connectivity index (χ2n) is 6.80. The van der Waals surface area contributed by atoms with E-state index in [4.69, 9.17) is 0 Å². The van der Waals surface area contributed by atoms with Gasteiger partial charge in [0.25, 0.3) is 5.91 Å². The second kappa shape index (κ2) is 7.65. The van der Waals surface area contributed by atoms with Crippen LogP contribution >= 0.6 is 0 Å². The van der Waals surface area contributed by atoms with Crippen molar-refractivity contribution in [3.63, 3.8) is 0 Å². The van der Waals surface area contributed by atoms with Crippen LogP contribution in [0.15, 0.2) is 35.6 Å². The number of aliphatic hydroxyl groups is 1. The first-order valence-electron chi connectivity index (χ1n) is 8.73. The molecule has 1 aromatic carbocycles. The molecule has 130 valence electrons. The zero-order valence-corrected chi connectivity index (χ0v) is 15.0. The van der Waals surface area contributed by atoms with Gasteiger partial charge >= 0.3 is 0 Å². The molecule has 1 amide bonds. The van der Waals surface area contributed by atoms with Gasteiger partial charge in [-0.3, -0.25) is 9.59 Å². The third-order valence-electron chi connectivity index (χ3n) is 4.45. The summed E-state index contributed by atoms with van der Waals surface area (Å²) in [7, 11) is 0. The Kier molecular flexibility index (Phi) is 5.81. The molecule has 2 rings (SSSR count). The lowest BCUT2D eigenvalue weighted by atomic mass is 9.90. The van der Waals surface area contributed by atoms with Crippen molar-refractivity contribution in [1.82, 2.24) is 4.90 Å². The van der Waals surface area contributed by atoms with E-state index in [1.165, 1.54) is 0 Å². The largest absolute Gasteiger partial charge is 0.503 e. The van der Waals surface area contributed by atoms with Crippen molar-refractivity contribution in [2.75, 3.05) is 6.54 Å². The van der Waals surface area contributed by atoms with E-state index in [9.17, 15) is 14.7 Å². The van der Waals surface area contributed by atoms with Crippen LogP contribution in [0.1, 0.15) is 57.2 Å². The van der Waals surface area contributed by atoms with Crippen molar-refractivity contribution in [2.24, 2.45) is 5.92 Å². The van der Waals surface area contributed by atoms with E-state index in [2.05, 4.69) is 6.92 Å². The highest BCUT2D eigenvalue weighted by atomic mass is 16.3. The van der Waals surface area contributed by atoms with Gasteiger partial charge in [0.05, 0.1) is 11.6 Å². The highest BCUT2D eigenvalue weighted by molar-refractivity contribution is 6.09. The van der Waals surface area contributed by atoms with Crippen LogP contribution in [-0.2, 0) is 9.59 Å². The first kappa shape index (κ1) is 18.2. The van der Waals surface area contributed by atoms with Crippen molar-refractivity contribution >= 4 is 11.7 Å². The fourth-order valence-corrected chi connectivity index (χ4v) is 3.17. The molecule has 0 radical (unpaired) electrons. The normalized spacial score (nSPS) is 18.0. The number of hydrogen-bond donors (Lipinski definition) is 1. The Morgan fingerprint density at radius 3 is 2.58 bits per heavy atom. The third-order valence-corrected chi connectivity index (χ3v) is 4.45.